The van der Waals surface area contributed by atoms with Crippen molar-refractivity contribution in [3.63, 3.8) is 0 Å². The van der Waals surface area contributed by atoms with Crippen molar-refractivity contribution < 1.29 is 4.79 Å². The van der Waals surface area contributed by atoms with Gasteiger partial charge in [-0.15, -0.1) is 12.4 Å². The summed E-state index contributed by atoms with van der Waals surface area (Å²) < 4.78 is 0. The molecule has 1 amide bonds. The quantitative estimate of drug-likeness (QED) is 0.831. The van der Waals surface area contributed by atoms with Crippen LogP contribution in [0.25, 0.3) is 0 Å². The van der Waals surface area contributed by atoms with Crippen molar-refractivity contribution in [3.05, 3.63) is 35.4 Å². The van der Waals surface area contributed by atoms with Gasteiger partial charge in [-0.1, -0.05) is 18.6 Å². The lowest BCUT2D eigenvalue weighted by Crippen LogP contribution is -2.27. The molecule has 1 aromatic rings. The first kappa shape index (κ1) is 13.0. The minimum absolute atomic E-state index is 0. The fraction of sp³-hybridized carbons (Fsp3) is 0.417. The van der Waals surface area contributed by atoms with E-state index in [1.165, 1.54) is 18.4 Å². The van der Waals surface area contributed by atoms with Crippen LogP contribution in [-0.2, 0) is 0 Å². The predicted octanol–water partition coefficient (Wildman–Crippen LogP) is 2.02. The lowest BCUT2D eigenvalue weighted by molar-refractivity contribution is 0.1000. The van der Waals surface area contributed by atoms with Gasteiger partial charge < -0.3 is 11.1 Å². The highest BCUT2D eigenvalue weighted by molar-refractivity contribution is 5.92. The van der Waals surface area contributed by atoms with E-state index in [0.717, 1.165) is 13.0 Å². The van der Waals surface area contributed by atoms with Crippen molar-refractivity contribution in [2.45, 2.75) is 25.3 Å². The summed E-state index contributed by atoms with van der Waals surface area (Å²) in [6.45, 7) is 1.06. The molecule has 1 aliphatic heterocycles. The van der Waals surface area contributed by atoms with Crippen LogP contribution in [0.5, 0.6) is 0 Å². The second-order valence-corrected chi connectivity index (χ2v) is 3.99. The summed E-state index contributed by atoms with van der Waals surface area (Å²) in [5, 5.41) is 3.45. The molecular formula is C12H17ClN2O. The average molecular weight is 241 g/mol. The Morgan fingerprint density at radius 2 is 2.19 bits per heavy atom. The minimum Gasteiger partial charge on any atom is -0.366 e. The molecule has 1 aliphatic rings. The fourth-order valence-corrected chi connectivity index (χ4v) is 2.05. The van der Waals surface area contributed by atoms with Crippen LogP contribution in [-0.4, -0.2) is 12.5 Å². The number of hydrogen-bond donors (Lipinski definition) is 2. The Morgan fingerprint density at radius 1 is 1.38 bits per heavy atom. The number of hydrogen-bond acceptors (Lipinski definition) is 2. The minimum atomic E-state index is -0.354. The van der Waals surface area contributed by atoms with Crippen LogP contribution in [0.3, 0.4) is 0 Å². The van der Waals surface area contributed by atoms with E-state index in [-0.39, 0.29) is 18.3 Å². The van der Waals surface area contributed by atoms with Gasteiger partial charge in [0.2, 0.25) is 5.91 Å². The topological polar surface area (TPSA) is 55.1 Å². The second kappa shape index (κ2) is 5.87. The highest BCUT2D eigenvalue weighted by atomic mass is 35.5. The van der Waals surface area contributed by atoms with E-state index < -0.39 is 0 Å². The van der Waals surface area contributed by atoms with Gasteiger partial charge in [-0.3, -0.25) is 4.79 Å². The number of nitrogens with two attached hydrogens (primary N) is 1. The lowest BCUT2D eigenvalue weighted by atomic mass is 9.96. The Kier molecular flexibility index (Phi) is 4.77. The molecule has 0 radical (unpaired) electrons. The van der Waals surface area contributed by atoms with Crippen molar-refractivity contribution >= 4 is 18.3 Å². The molecule has 0 aromatic heterocycles. The molecule has 1 atom stereocenters. The van der Waals surface area contributed by atoms with Gasteiger partial charge in [0.15, 0.2) is 0 Å². The van der Waals surface area contributed by atoms with Gasteiger partial charge in [-0.05, 0) is 37.1 Å². The summed E-state index contributed by atoms with van der Waals surface area (Å²) in [6, 6.07) is 7.99. The van der Waals surface area contributed by atoms with Crippen molar-refractivity contribution in [2.24, 2.45) is 5.73 Å². The third-order valence-electron chi connectivity index (χ3n) is 2.88. The number of rotatable bonds is 2. The Labute approximate surface area is 102 Å². The molecule has 1 aromatic carbocycles. The van der Waals surface area contributed by atoms with Crippen LogP contribution >= 0.6 is 12.4 Å². The van der Waals surface area contributed by atoms with Crippen LogP contribution < -0.4 is 11.1 Å². The Bertz CT molecular complexity index is 362. The summed E-state index contributed by atoms with van der Waals surface area (Å²) in [5.41, 5.74) is 7.02. The lowest BCUT2D eigenvalue weighted by Gasteiger charge is -2.24. The van der Waals surface area contributed by atoms with Gasteiger partial charge in [0.1, 0.15) is 0 Å². The Balaban J connectivity index is 0.00000128. The summed E-state index contributed by atoms with van der Waals surface area (Å²) >= 11 is 0. The zero-order chi connectivity index (χ0) is 10.7. The van der Waals surface area contributed by atoms with Gasteiger partial charge >= 0.3 is 0 Å². The Hall–Kier alpha value is -1.06. The van der Waals surface area contributed by atoms with Gasteiger partial charge in [0.25, 0.3) is 0 Å². The molecule has 0 spiro atoms. The van der Waals surface area contributed by atoms with Crippen molar-refractivity contribution in [1.82, 2.24) is 5.32 Å². The first-order valence-corrected chi connectivity index (χ1v) is 5.40. The number of piperidine rings is 1. The normalized spacial score (nSPS) is 19.9. The fourth-order valence-electron chi connectivity index (χ4n) is 2.05. The molecule has 4 heteroatoms. The van der Waals surface area contributed by atoms with Crippen molar-refractivity contribution in [1.29, 1.82) is 0 Å². The molecule has 1 heterocycles. The maximum absolute atomic E-state index is 11.0. The van der Waals surface area contributed by atoms with E-state index in [1.54, 1.807) is 6.07 Å². The molecule has 88 valence electrons. The van der Waals surface area contributed by atoms with Crippen LogP contribution in [0.4, 0.5) is 0 Å². The van der Waals surface area contributed by atoms with E-state index in [2.05, 4.69) is 11.4 Å². The molecule has 0 unspecified atom stereocenters. The number of primary amides is 1. The second-order valence-electron chi connectivity index (χ2n) is 3.99. The molecule has 2 rings (SSSR count). The summed E-state index contributed by atoms with van der Waals surface area (Å²) in [7, 11) is 0. The molecule has 1 fully saturated rings. The molecular weight excluding hydrogens is 224 g/mol. The van der Waals surface area contributed by atoms with Crippen LogP contribution in [0.1, 0.15) is 41.2 Å². The zero-order valence-electron chi connectivity index (χ0n) is 9.11. The van der Waals surface area contributed by atoms with Gasteiger partial charge in [0.05, 0.1) is 0 Å². The third kappa shape index (κ3) is 2.97. The molecule has 0 saturated carbocycles. The van der Waals surface area contributed by atoms with Gasteiger partial charge in [0, 0.05) is 11.6 Å². The van der Waals surface area contributed by atoms with Crippen molar-refractivity contribution in [2.75, 3.05) is 6.54 Å². The number of benzene rings is 1. The Morgan fingerprint density at radius 3 is 2.81 bits per heavy atom. The maximum atomic E-state index is 11.0. The highest BCUT2D eigenvalue weighted by Crippen LogP contribution is 2.23. The first-order chi connectivity index (χ1) is 7.27. The molecule has 3 nitrogen and oxygen atoms in total. The van der Waals surface area contributed by atoms with E-state index in [1.807, 2.05) is 12.1 Å². The van der Waals surface area contributed by atoms with E-state index in [9.17, 15) is 4.79 Å². The van der Waals surface area contributed by atoms with Gasteiger partial charge in [-0.25, -0.2) is 0 Å². The summed E-state index contributed by atoms with van der Waals surface area (Å²) in [6.07, 6.45) is 3.63. The maximum Gasteiger partial charge on any atom is 0.248 e. The summed E-state index contributed by atoms with van der Waals surface area (Å²) in [4.78, 5) is 11.0. The largest absolute Gasteiger partial charge is 0.366 e. The third-order valence-corrected chi connectivity index (χ3v) is 2.88. The standard InChI is InChI=1S/C12H16N2O.ClH/c13-12(15)10-5-3-4-9(8-10)11-6-1-2-7-14-11;/h3-5,8,11,14H,1-2,6-7H2,(H2,13,15);1H/t11-;/m0./s1. The average Bonchev–Trinajstić information content (AvgIpc) is 2.30. The molecule has 0 bridgehead atoms. The molecule has 0 aliphatic carbocycles. The predicted molar refractivity (Wildman–Crippen MR) is 66.8 cm³/mol. The van der Waals surface area contributed by atoms with E-state index in [4.69, 9.17) is 5.73 Å². The van der Waals surface area contributed by atoms with Crippen LogP contribution in [0.2, 0.25) is 0 Å². The number of amides is 1. The molecule has 1 saturated heterocycles. The van der Waals surface area contributed by atoms with Crippen LogP contribution in [0, 0.1) is 0 Å². The van der Waals surface area contributed by atoms with Crippen molar-refractivity contribution in [3.8, 4) is 0 Å². The number of carbonyl (C=O) groups is 1. The number of halogens is 1. The van der Waals surface area contributed by atoms with Gasteiger partial charge in [-0.2, -0.15) is 0 Å². The zero-order valence-corrected chi connectivity index (χ0v) is 9.93. The number of nitrogens with one attached hydrogen (secondary N) is 1. The summed E-state index contributed by atoms with van der Waals surface area (Å²) in [5.74, 6) is -0.354. The first-order valence-electron chi connectivity index (χ1n) is 5.40. The van der Waals surface area contributed by atoms with E-state index >= 15 is 0 Å². The number of carbonyl (C=O) groups excluding carboxylic acids is 1. The SMILES string of the molecule is Cl.NC(=O)c1cccc([C@@H]2CCCCN2)c1. The highest BCUT2D eigenvalue weighted by Gasteiger charge is 2.15. The smallest absolute Gasteiger partial charge is 0.248 e. The monoisotopic (exact) mass is 240 g/mol. The molecule has 3 N–H and O–H groups in total. The molecule has 16 heavy (non-hydrogen) atoms. The van der Waals surface area contributed by atoms with Crippen LogP contribution in [0.15, 0.2) is 24.3 Å². The van der Waals surface area contributed by atoms with E-state index in [0.29, 0.717) is 11.6 Å².